The van der Waals surface area contributed by atoms with Gasteiger partial charge in [0.1, 0.15) is 4.21 Å². The van der Waals surface area contributed by atoms with Crippen molar-refractivity contribution < 1.29 is 8.42 Å². The first-order valence-corrected chi connectivity index (χ1v) is 11.8. The van der Waals surface area contributed by atoms with Gasteiger partial charge in [-0.25, -0.2) is 13.6 Å². The van der Waals surface area contributed by atoms with Gasteiger partial charge in [-0.1, -0.05) is 19.3 Å². The van der Waals surface area contributed by atoms with Crippen molar-refractivity contribution in [2.45, 2.75) is 67.5 Å². The molecule has 1 saturated heterocycles. The predicted octanol–water partition coefficient (Wildman–Crippen LogP) is 3.97. The van der Waals surface area contributed by atoms with Gasteiger partial charge in [0.05, 0.1) is 0 Å². The van der Waals surface area contributed by atoms with E-state index in [1.807, 2.05) is 11.4 Å². The van der Waals surface area contributed by atoms with Gasteiger partial charge in [0.25, 0.3) is 0 Å². The van der Waals surface area contributed by atoms with E-state index < -0.39 is 10.0 Å². The second-order valence-corrected chi connectivity index (χ2v) is 10.6. The maximum Gasteiger partial charge on any atom is 0.247 e. The zero-order chi connectivity index (χ0) is 16.7. The number of primary sulfonamides is 1. The third-order valence-corrected chi connectivity index (χ3v) is 9.06. The van der Waals surface area contributed by atoms with Crippen molar-refractivity contribution in [3.05, 3.63) is 17.0 Å². The van der Waals surface area contributed by atoms with Crippen LogP contribution in [0, 0.1) is 11.8 Å². The van der Waals surface area contributed by atoms with Crippen LogP contribution < -0.4 is 5.14 Å². The highest BCUT2D eigenvalue weighted by Crippen LogP contribution is 2.43. The van der Waals surface area contributed by atoms with Gasteiger partial charge in [-0.3, -0.25) is 0 Å². The lowest BCUT2D eigenvalue weighted by Gasteiger charge is -2.43. The second kappa shape index (κ2) is 7.85. The van der Waals surface area contributed by atoms with Gasteiger partial charge in [0.15, 0.2) is 0 Å². The van der Waals surface area contributed by atoms with E-state index in [9.17, 15) is 8.42 Å². The summed E-state index contributed by atoms with van der Waals surface area (Å²) in [7, 11) is -3.58. The number of halogens is 1. The molecule has 142 valence electrons. The number of thiophene rings is 1. The Bertz CT molecular complexity index is 691. The van der Waals surface area contributed by atoms with E-state index in [-0.39, 0.29) is 12.4 Å². The van der Waals surface area contributed by atoms with E-state index in [0.29, 0.717) is 16.2 Å². The summed E-state index contributed by atoms with van der Waals surface area (Å²) in [5.74, 6) is 2.24. The zero-order valence-corrected chi connectivity index (χ0v) is 17.1. The smallest absolute Gasteiger partial charge is 0.247 e. The predicted molar refractivity (Wildman–Crippen MR) is 105 cm³/mol. The van der Waals surface area contributed by atoms with Crippen molar-refractivity contribution in [1.82, 2.24) is 4.90 Å². The second-order valence-electron chi connectivity index (χ2n) is 7.96. The first-order chi connectivity index (χ1) is 11.5. The number of piperidine rings is 1. The fourth-order valence-electron chi connectivity index (χ4n) is 5.37. The normalized spacial score (nSPS) is 33.6. The Morgan fingerprint density at radius 3 is 2.60 bits per heavy atom. The van der Waals surface area contributed by atoms with Crippen LogP contribution in [0.5, 0.6) is 0 Å². The van der Waals surface area contributed by atoms with Crippen LogP contribution in [-0.4, -0.2) is 32.4 Å². The molecule has 0 aromatic carbocycles. The number of sulfonamides is 1. The lowest BCUT2D eigenvalue weighted by Crippen LogP contribution is -2.46. The van der Waals surface area contributed by atoms with Gasteiger partial charge >= 0.3 is 0 Å². The molecule has 1 aromatic heterocycles. The molecule has 0 radical (unpaired) electrons. The van der Waals surface area contributed by atoms with E-state index in [1.54, 1.807) is 0 Å². The molecule has 0 amide bonds. The molecule has 4 atom stereocenters. The van der Waals surface area contributed by atoms with Crippen LogP contribution in [0.25, 0.3) is 0 Å². The van der Waals surface area contributed by atoms with Crippen LogP contribution in [0.4, 0.5) is 0 Å². The first kappa shape index (κ1) is 19.6. The number of hydrogen-bond acceptors (Lipinski definition) is 4. The van der Waals surface area contributed by atoms with E-state index in [0.717, 1.165) is 30.2 Å². The summed E-state index contributed by atoms with van der Waals surface area (Å²) in [5, 5.41) is 7.26. The highest BCUT2D eigenvalue weighted by atomic mass is 35.5. The summed E-state index contributed by atoms with van der Waals surface area (Å²) >= 11 is 1.27. The Balaban J connectivity index is 0.00000182. The summed E-state index contributed by atoms with van der Waals surface area (Å²) in [5.41, 5.74) is 0.970. The maximum absolute atomic E-state index is 11.8. The average molecular weight is 405 g/mol. The first-order valence-electron chi connectivity index (χ1n) is 9.36. The molecule has 1 aromatic rings. The molecule has 4 rings (SSSR count). The molecule has 4 unspecified atom stereocenters. The molecule has 2 N–H and O–H groups in total. The number of rotatable bonds is 3. The third kappa shape index (κ3) is 4.08. The molecule has 3 aliphatic rings. The summed E-state index contributed by atoms with van der Waals surface area (Å²) in [6.45, 7) is 2.51. The van der Waals surface area contributed by atoms with Crippen molar-refractivity contribution in [2.24, 2.45) is 17.0 Å². The molecule has 1 aliphatic heterocycles. The van der Waals surface area contributed by atoms with Gasteiger partial charge in [0, 0.05) is 12.6 Å². The lowest BCUT2D eigenvalue weighted by atomic mass is 9.75. The fraction of sp³-hybridized carbons (Fsp3) is 0.778. The summed E-state index contributed by atoms with van der Waals surface area (Å²) in [4.78, 5) is 2.72. The monoisotopic (exact) mass is 404 g/mol. The molecule has 0 spiro atoms. The Hall–Kier alpha value is -0.140. The van der Waals surface area contributed by atoms with E-state index in [4.69, 9.17) is 5.14 Å². The van der Waals surface area contributed by atoms with Gasteiger partial charge in [0.2, 0.25) is 10.0 Å². The summed E-state index contributed by atoms with van der Waals surface area (Å²) in [6.07, 6.45) is 10.5. The molecule has 7 heteroatoms. The van der Waals surface area contributed by atoms with Crippen LogP contribution in [0.2, 0.25) is 0 Å². The highest BCUT2D eigenvalue weighted by Gasteiger charge is 2.38. The highest BCUT2D eigenvalue weighted by molar-refractivity contribution is 7.91. The van der Waals surface area contributed by atoms with Crippen LogP contribution in [0.3, 0.4) is 0 Å². The van der Waals surface area contributed by atoms with Gasteiger partial charge in [-0.2, -0.15) is 0 Å². The quantitative estimate of drug-likeness (QED) is 0.828. The Morgan fingerprint density at radius 2 is 1.84 bits per heavy atom. The topological polar surface area (TPSA) is 63.4 Å². The maximum atomic E-state index is 11.8. The number of nitrogens with zero attached hydrogens (tertiary/aromatic N) is 1. The Morgan fingerprint density at radius 1 is 1.08 bits per heavy atom. The number of nitrogens with two attached hydrogens (primary N) is 1. The molecule has 0 bridgehead atoms. The van der Waals surface area contributed by atoms with Crippen molar-refractivity contribution in [3.63, 3.8) is 0 Å². The van der Waals surface area contributed by atoms with Crippen LogP contribution in [0.15, 0.2) is 15.7 Å². The molecule has 25 heavy (non-hydrogen) atoms. The minimum atomic E-state index is -3.58. The minimum absolute atomic E-state index is 0. The number of fused-ring (bicyclic) bond motifs is 1. The van der Waals surface area contributed by atoms with Crippen LogP contribution in [0.1, 0.15) is 62.8 Å². The van der Waals surface area contributed by atoms with Crippen LogP contribution >= 0.6 is 23.7 Å². The summed E-state index contributed by atoms with van der Waals surface area (Å²) < 4.78 is 24.0. The van der Waals surface area contributed by atoms with Crippen molar-refractivity contribution >= 4 is 33.8 Å². The molecule has 3 fully saturated rings. The third-order valence-electron chi connectivity index (χ3n) is 6.60. The Kier molecular flexibility index (Phi) is 6.16. The number of hydrogen-bond donors (Lipinski definition) is 1. The molecular weight excluding hydrogens is 376 g/mol. The standard InChI is InChI=1S/C18H28N2O2S2.ClH/c19-24(21,22)18-17(8-10-23-18)14-5-6-16(11-14)20-9-7-13-3-1-2-4-15(13)12-20;/h8,10,13-16H,1-7,9,11-12H2,(H2,19,21,22);1H. The Labute approximate surface area is 161 Å². The lowest BCUT2D eigenvalue weighted by molar-refractivity contribution is 0.0581. The van der Waals surface area contributed by atoms with Gasteiger partial charge in [-0.05, 0) is 73.4 Å². The van der Waals surface area contributed by atoms with Crippen molar-refractivity contribution in [1.29, 1.82) is 0 Å². The molecule has 4 nitrogen and oxygen atoms in total. The van der Waals surface area contributed by atoms with Crippen molar-refractivity contribution in [2.75, 3.05) is 13.1 Å². The van der Waals surface area contributed by atoms with E-state index in [2.05, 4.69) is 4.90 Å². The average Bonchev–Trinajstić information content (AvgIpc) is 3.22. The molecule has 2 saturated carbocycles. The fourth-order valence-corrected chi connectivity index (χ4v) is 7.35. The van der Waals surface area contributed by atoms with Gasteiger partial charge < -0.3 is 4.90 Å². The summed E-state index contributed by atoms with van der Waals surface area (Å²) in [6, 6.07) is 2.61. The minimum Gasteiger partial charge on any atom is -0.300 e. The molecule has 2 heterocycles. The zero-order valence-electron chi connectivity index (χ0n) is 14.6. The van der Waals surface area contributed by atoms with E-state index in [1.165, 1.54) is 63.0 Å². The largest absolute Gasteiger partial charge is 0.300 e. The molecule has 2 aliphatic carbocycles. The van der Waals surface area contributed by atoms with Crippen LogP contribution in [-0.2, 0) is 10.0 Å². The number of likely N-dealkylation sites (tertiary alicyclic amines) is 1. The SMILES string of the molecule is Cl.NS(=O)(=O)c1sccc1C1CCC(N2CCC3CCCCC3C2)C1. The van der Waals surface area contributed by atoms with Crippen molar-refractivity contribution in [3.8, 4) is 0 Å². The van der Waals surface area contributed by atoms with Gasteiger partial charge in [-0.15, -0.1) is 23.7 Å². The van der Waals surface area contributed by atoms with E-state index >= 15 is 0 Å². The molecular formula is C18H29ClN2O2S2.